The largest absolute Gasteiger partial charge is 0.335 e. The number of fused-ring (bicyclic) bond motifs is 1. The van der Waals surface area contributed by atoms with Gasteiger partial charge in [-0.05, 0) is 36.2 Å². The zero-order chi connectivity index (χ0) is 23.8. The first-order valence-electron chi connectivity index (χ1n) is 10.7. The summed E-state index contributed by atoms with van der Waals surface area (Å²) in [7, 11) is -3.79. The highest BCUT2D eigenvalue weighted by molar-refractivity contribution is 7.89. The number of carbonyl (C=O) groups excluding carboxylic acids is 1. The molecule has 1 amide bonds. The van der Waals surface area contributed by atoms with Gasteiger partial charge in [0.25, 0.3) is 11.5 Å². The van der Waals surface area contributed by atoms with E-state index in [1.807, 2.05) is 13.8 Å². The van der Waals surface area contributed by atoms with Crippen molar-refractivity contribution in [3.05, 3.63) is 70.4 Å². The normalized spacial score (nSPS) is 15.3. The number of piperazine rings is 1. The van der Waals surface area contributed by atoms with Crippen molar-refractivity contribution < 1.29 is 17.6 Å². The highest BCUT2D eigenvalue weighted by atomic mass is 32.2. The molecule has 0 saturated carbocycles. The summed E-state index contributed by atoms with van der Waals surface area (Å²) in [6.45, 7) is 4.88. The summed E-state index contributed by atoms with van der Waals surface area (Å²) in [5.74, 6) is -0.690. The number of benzene rings is 2. The lowest BCUT2D eigenvalue weighted by Crippen LogP contribution is -2.50. The van der Waals surface area contributed by atoms with Crippen LogP contribution in [0, 0.1) is 11.7 Å². The highest BCUT2D eigenvalue weighted by Crippen LogP contribution is 2.20. The van der Waals surface area contributed by atoms with E-state index in [1.165, 1.54) is 21.1 Å². The van der Waals surface area contributed by atoms with Gasteiger partial charge < -0.3 is 4.90 Å². The number of aromatic nitrogens is 2. The molecule has 8 nitrogen and oxygen atoms in total. The van der Waals surface area contributed by atoms with Crippen LogP contribution in [0.4, 0.5) is 4.39 Å². The molecular weight excluding hydrogens is 447 g/mol. The van der Waals surface area contributed by atoms with Gasteiger partial charge in [0, 0.05) is 38.1 Å². The van der Waals surface area contributed by atoms with Crippen molar-refractivity contribution in [3.8, 4) is 0 Å². The van der Waals surface area contributed by atoms with E-state index in [9.17, 15) is 22.4 Å². The molecule has 0 aliphatic carbocycles. The van der Waals surface area contributed by atoms with Crippen molar-refractivity contribution >= 4 is 26.7 Å². The van der Waals surface area contributed by atoms with Gasteiger partial charge in [-0.1, -0.05) is 32.0 Å². The molecule has 1 aliphatic rings. The number of carbonyl (C=O) groups is 1. The predicted octanol–water partition coefficient (Wildman–Crippen LogP) is 2.34. The summed E-state index contributed by atoms with van der Waals surface area (Å²) in [6.07, 6.45) is 0. The number of hydrogen-bond acceptors (Lipinski definition) is 5. The molecule has 0 radical (unpaired) electrons. The van der Waals surface area contributed by atoms with E-state index in [0.29, 0.717) is 17.3 Å². The Hall–Kier alpha value is -3.11. The van der Waals surface area contributed by atoms with Crippen molar-refractivity contribution in [2.75, 3.05) is 26.2 Å². The van der Waals surface area contributed by atoms with Gasteiger partial charge in [-0.25, -0.2) is 17.5 Å². The minimum Gasteiger partial charge on any atom is -0.335 e. The molecule has 0 bridgehead atoms. The lowest BCUT2D eigenvalue weighted by molar-refractivity contribution is 0.0691. The van der Waals surface area contributed by atoms with E-state index in [0.717, 1.165) is 12.1 Å². The van der Waals surface area contributed by atoms with E-state index < -0.39 is 15.8 Å². The van der Waals surface area contributed by atoms with Gasteiger partial charge in [0.15, 0.2) is 5.69 Å². The zero-order valence-corrected chi connectivity index (χ0v) is 19.3. The van der Waals surface area contributed by atoms with Crippen LogP contribution in [0.15, 0.2) is 58.2 Å². The van der Waals surface area contributed by atoms with Gasteiger partial charge in [-0.3, -0.25) is 9.59 Å². The standard InChI is InChI=1S/C23H25FN4O4S/c1-16(2)15-28-22(29)20-6-4-3-5-19(20)21(25-28)23(30)26-11-13-27(14-12-26)33(31,32)18-9-7-17(24)8-10-18/h3-10,16H,11-15H2,1-2H3. The average Bonchev–Trinajstić information content (AvgIpc) is 2.80. The summed E-state index contributed by atoms with van der Waals surface area (Å²) < 4.78 is 41.5. The predicted molar refractivity (Wildman–Crippen MR) is 122 cm³/mol. The van der Waals surface area contributed by atoms with Crippen molar-refractivity contribution in [3.63, 3.8) is 0 Å². The maximum absolute atomic E-state index is 13.4. The number of nitrogens with zero attached hydrogens (tertiary/aromatic N) is 4. The summed E-state index contributed by atoms with van der Waals surface area (Å²) in [5, 5.41) is 5.29. The van der Waals surface area contributed by atoms with Gasteiger partial charge in [-0.15, -0.1) is 0 Å². The smallest absolute Gasteiger partial charge is 0.275 e. The third kappa shape index (κ3) is 4.53. The fraction of sp³-hybridized carbons (Fsp3) is 0.348. The quantitative estimate of drug-likeness (QED) is 0.568. The Bertz CT molecular complexity index is 1350. The number of amides is 1. The Kier molecular flexibility index (Phi) is 6.31. The number of halogens is 1. The summed E-state index contributed by atoms with van der Waals surface area (Å²) in [6, 6.07) is 11.6. The van der Waals surface area contributed by atoms with Crippen LogP contribution in [-0.2, 0) is 16.6 Å². The fourth-order valence-electron chi connectivity index (χ4n) is 3.90. The maximum Gasteiger partial charge on any atom is 0.275 e. The fourth-order valence-corrected chi connectivity index (χ4v) is 5.32. The van der Waals surface area contributed by atoms with E-state index in [2.05, 4.69) is 5.10 Å². The molecule has 0 N–H and O–H groups in total. The van der Waals surface area contributed by atoms with Crippen molar-refractivity contribution in [1.82, 2.24) is 19.0 Å². The molecular formula is C23H25FN4O4S. The molecule has 1 saturated heterocycles. The SMILES string of the molecule is CC(C)Cn1nc(C(=O)N2CCN(S(=O)(=O)c3ccc(F)cc3)CC2)c2ccccc2c1=O. The van der Waals surface area contributed by atoms with Gasteiger partial charge in [0.05, 0.1) is 10.3 Å². The van der Waals surface area contributed by atoms with Crippen molar-refractivity contribution in [1.29, 1.82) is 0 Å². The molecule has 0 atom stereocenters. The number of rotatable bonds is 5. The van der Waals surface area contributed by atoms with Gasteiger partial charge in [0.2, 0.25) is 10.0 Å². The van der Waals surface area contributed by atoms with E-state index in [-0.39, 0.29) is 54.2 Å². The van der Waals surface area contributed by atoms with Crippen LogP contribution in [0.5, 0.6) is 0 Å². The molecule has 2 aromatic carbocycles. The molecule has 4 rings (SSSR count). The lowest BCUT2D eigenvalue weighted by atomic mass is 10.1. The first-order valence-corrected chi connectivity index (χ1v) is 12.2. The van der Waals surface area contributed by atoms with E-state index in [1.54, 1.807) is 29.2 Å². The summed E-state index contributed by atoms with van der Waals surface area (Å²) in [5.41, 5.74) is -0.0632. The van der Waals surface area contributed by atoms with Crippen LogP contribution in [-0.4, -0.2) is 59.5 Å². The van der Waals surface area contributed by atoms with Gasteiger partial charge >= 0.3 is 0 Å². The Morgan fingerprint density at radius 2 is 1.61 bits per heavy atom. The second kappa shape index (κ2) is 9.03. The van der Waals surface area contributed by atoms with Crippen LogP contribution in [0.2, 0.25) is 0 Å². The highest BCUT2D eigenvalue weighted by Gasteiger charge is 2.31. The molecule has 33 heavy (non-hydrogen) atoms. The first kappa shape index (κ1) is 23.1. The molecule has 0 spiro atoms. The van der Waals surface area contributed by atoms with Gasteiger partial charge in [0.1, 0.15) is 5.82 Å². The first-order chi connectivity index (χ1) is 15.7. The number of hydrogen-bond donors (Lipinski definition) is 0. The van der Waals surface area contributed by atoms with E-state index in [4.69, 9.17) is 0 Å². The van der Waals surface area contributed by atoms with Gasteiger partial charge in [-0.2, -0.15) is 9.40 Å². The van der Waals surface area contributed by atoms with Crippen LogP contribution in [0.25, 0.3) is 10.8 Å². The minimum absolute atomic E-state index is 0.0112. The van der Waals surface area contributed by atoms with Crippen LogP contribution in [0.1, 0.15) is 24.3 Å². The van der Waals surface area contributed by atoms with Crippen LogP contribution >= 0.6 is 0 Å². The summed E-state index contributed by atoms with van der Waals surface area (Å²) in [4.78, 5) is 27.7. The van der Waals surface area contributed by atoms with Crippen LogP contribution < -0.4 is 5.56 Å². The third-order valence-electron chi connectivity index (χ3n) is 5.59. The number of sulfonamides is 1. The minimum atomic E-state index is -3.79. The molecule has 1 fully saturated rings. The Labute approximate surface area is 191 Å². The summed E-state index contributed by atoms with van der Waals surface area (Å²) >= 11 is 0. The van der Waals surface area contributed by atoms with Crippen molar-refractivity contribution in [2.24, 2.45) is 5.92 Å². The molecule has 2 heterocycles. The Morgan fingerprint density at radius 3 is 2.21 bits per heavy atom. The lowest BCUT2D eigenvalue weighted by Gasteiger charge is -2.34. The maximum atomic E-state index is 13.4. The Morgan fingerprint density at radius 1 is 1.00 bits per heavy atom. The Balaban J connectivity index is 1.58. The van der Waals surface area contributed by atoms with Crippen molar-refractivity contribution in [2.45, 2.75) is 25.3 Å². The zero-order valence-electron chi connectivity index (χ0n) is 18.4. The van der Waals surface area contributed by atoms with E-state index >= 15 is 0 Å². The molecule has 1 aliphatic heterocycles. The molecule has 3 aromatic rings. The molecule has 1 aromatic heterocycles. The third-order valence-corrected chi connectivity index (χ3v) is 7.50. The molecule has 10 heteroatoms. The topological polar surface area (TPSA) is 92.6 Å². The second-order valence-corrected chi connectivity index (χ2v) is 10.4. The average molecular weight is 473 g/mol. The molecule has 174 valence electrons. The molecule has 0 unspecified atom stereocenters. The monoisotopic (exact) mass is 472 g/mol. The van der Waals surface area contributed by atoms with Crippen LogP contribution in [0.3, 0.4) is 0 Å². The second-order valence-electron chi connectivity index (χ2n) is 8.43.